The number of rotatable bonds is 15. The van der Waals surface area contributed by atoms with Crippen LogP contribution in [0.25, 0.3) is 0 Å². The van der Waals surface area contributed by atoms with Gasteiger partial charge in [0.05, 0.1) is 0 Å². The SMILES string of the molecule is [CH2]CCCCC=C=CC/C=C/C/C=C/CCCCCCCC. The molecule has 0 rings (SSSR count). The maximum Gasteiger partial charge on any atom is -0.00929 e. The highest BCUT2D eigenvalue weighted by molar-refractivity contribution is 4.97. The average molecular weight is 302 g/mol. The molecule has 0 saturated heterocycles. The highest BCUT2D eigenvalue weighted by Gasteiger charge is 1.87. The van der Waals surface area contributed by atoms with Gasteiger partial charge >= 0.3 is 0 Å². The van der Waals surface area contributed by atoms with Crippen molar-refractivity contribution in [1.29, 1.82) is 0 Å². The third-order valence-corrected chi connectivity index (χ3v) is 3.67. The number of hydrogen-bond donors (Lipinski definition) is 0. The number of unbranched alkanes of at least 4 members (excludes halogenated alkanes) is 9. The van der Waals surface area contributed by atoms with E-state index < -0.39 is 0 Å². The first-order valence-corrected chi connectivity index (χ1v) is 9.40. The lowest BCUT2D eigenvalue weighted by atomic mass is 10.1. The molecule has 0 aliphatic rings. The van der Waals surface area contributed by atoms with Crippen LogP contribution in [0.4, 0.5) is 0 Å². The molecule has 125 valence electrons. The zero-order valence-electron chi connectivity index (χ0n) is 14.9. The standard InChI is InChI=1S/C22H37/c1-3-5-7-9-11-13-15-17-19-21-22-20-18-16-14-12-10-8-6-4-2/h11,15,18-21H,1,3-10,12,14,16-17,22H2,2H3/b20-18+,21-19+. The quantitative estimate of drug-likeness (QED) is 0.165. The third-order valence-electron chi connectivity index (χ3n) is 3.67. The topological polar surface area (TPSA) is 0 Å². The predicted octanol–water partition coefficient (Wildman–Crippen LogP) is 7.74. The highest BCUT2D eigenvalue weighted by Crippen LogP contribution is 2.07. The molecule has 0 aliphatic heterocycles. The summed E-state index contributed by atoms with van der Waals surface area (Å²) >= 11 is 0. The predicted molar refractivity (Wildman–Crippen MR) is 102 cm³/mol. The minimum absolute atomic E-state index is 0.997. The molecular formula is C22H37. The Hall–Kier alpha value is -1.00. The molecule has 22 heavy (non-hydrogen) atoms. The molecule has 0 N–H and O–H groups in total. The molecular weight excluding hydrogens is 264 g/mol. The molecule has 0 aliphatic carbocycles. The van der Waals surface area contributed by atoms with Gasteiger partial charge in [0.1, 0.15) is 0 Å². The highest BCUT2D eigenvalue weighted by atomic mass is 13.9. The van der Waals surface area contributed by atoms with E-state index >= 15 is 0 Å². The van der Waals surface area contributed by atoms with Gasteiger partial charge < -0.3 is 0 Å². The second kappa shape index (κ2) is 20.0. The average Bonchev–Trinajstić information content (AvgIpc) is 2.54. The largest absolute Gasteiger partial charge is 0.129 e. The molecule has 0 atom stereocenters. The molecule has 0 nitrogen and oxygen atoms in total. The van der Waals surface area contributed by atoms with Gasteiger partial charge in [-0.15, -0.1) is 5.73 Å². The Morgan fingerprint density at radius 2 is 1.36 bits per heavy atom. The summed E-state index contributed by atoms with van der Waals surface area (Å²) in [5, 5.41) is 0. The van der Waals surface area contributed by atoms with Gasteiger partial charge in [-0.2, -0.15) is 0 Å². The van der Waals surface area contributed by atoms with Gasteiger partial charge in [0, 0.05) is 0 Å². The van der Waals surface area contributed by atoms with Gasteiger partial charge in [-0.05, 0) is 50.7 Å². The molecule has 0 unspecified atom stereocenters. The van der Waals surface area contributed by atoms with Crippen LogP contribution in [0.2, 0.25) is 0 Å². The van der Waals surface area contributed by atoms with Crippen molar-refractivity contribution in [2.75, 3.05) is 0 Å². The lowest BCUT2D eigenvalue weighted by Crippen LogP contribution is -1.77. The Labute approximate surface area is 140 Å². The summed E-state index contributed by atoms with van der Waals surface area (Å²) in [7, 11) is 0. The zero-order valence-corrected chi connectivity index (χ0v) is 14.9. The molecule has 0 amide bonds. The fraction of sp³-hybridized carbons (Fsp3) is 0.636. The van der Waals surface area contributed by atoms with E-state index in [-0.39, 0.29) is 0 Å². The molecule has 0 heterocycles. The molecule has 0 bridgehead atoms. The van der Waals surface area contributed by atoms with Crippen LogP contribution in [-0.4, -0.2) is 0 Å². The maximum atomic E-state index is 3.84. The molecule has 1 radical (unpaired) electrons. The van der Waals surface area contributed by atoms with E-state index in [9.17, 15) is 0 Å². The fourth-order valence-electron chi connectivity index (χ4n) is 2.25. The van der Waals surface area contributed by atoms with Gasteiger partial charge in [-0.25, -0.2) is 0 Å². The van der Waals surface area contributed by atoms with Crippen LogP contribution >= 0.6 is 0 Å². The number of hydrogen-bond acceptors (Lipinski definition) is 0. The van der Waals surface area contributed by atoms with E-state index in [0.717, 1.165) is 25.7 Å². The molecule has 0 aromatic heterocycles. The minimum Gasteiger partial charge on any atom is -0.129 e. The van der Waals surface area contributed by atoms with Crippen LogP contribution in [-0.2, 0) is 0 Å². The van der Waals surface area contributed by atoms with E-state index in [1.807, 2.05) is 0 Å². The first kappa shape index (κ1) is 21.0. The summed E-state index contributed by atoms with van der Waals surface area (Å²) in [6, 6.07) is 0. The van der Waals surface area contributed by atoms with Crippen molar-refractivity contribution in [2.24, 2.45) is 0 Å². The summed E-state index contributed by atoms with van der Waals surface area (Å²) in [5.74, 6) is 0. The molecule has 0 saturated carbocycles. The lowest BCUT2D eigenvalue weighted by Gasteiger charge is -1.97. The van der Waals surface area contributed by atoms with Crippen molar-refractivity contribution < 1.29 is 0 Å². The van der Waals surface area contributed by atoms with E-state index in [2.05, 4.69) is 56.0 Å². The normalized spacial score (nSPS) is 11.2. The van der Waals surface area contributed by atoms with Crippen molar-refractivity contribution in [2.45, 2.75) is 90.4 Å². The Bertz CT molecular complexity index is 313. The van der Waals surface area contributed by atoms with Gasteiger partial charge in [0.15, 0.2) is 0 Å². The fourth-order valence-corrected chi connectivity index (χ4v) is 2.25. The van der Waals surface area contributed by atoms with Crippen LogP contribution in [0.3, 0.4) is 0 Å². The van der Waals surface area contributed by atoms with Crippen molar-refractivity contribution in [3.8, 4) is 0 Å². The summed E-state index contributed by atoms with van der Waals surface area (Å²) in [4.78, 5) is 0. The molecule has 0 aromatic rings. The van der Waals surface area contributed by atoms with Gasteiger partial charge in [-0.1, -0.05) is 83.1 Å². The lowest BCUT2D eigenvalue weighted by molar-refractivity contribution is 0.611. The van der Waals surface area contributed by atoms with Crippen LogP contribution in [0.15, 0.2) is 42.2 Å². The minimum atomic E-state index is 0.997. The van der Waals surface area contributed by atoms with E-state index in [4.69, 9.17) is 0 Å². The van der Waals surface area contributed by atoms with Crippen molar-refractivity contribution >= 4 is 0 Å². The second-order valence-corrected chi connectivity index (χ2v) is 5.89. The van der Waals surface area contributed by atoms with Crippen LogP contribution in [0.5, 0.6) is 0 Å². The Morgan fingerprint density at radius 3 is 2.18 bits per heavy atom. The Kier molecular flexibility index (Phi) is 19.1. The molecule has 0 fully saturated rings. The monoisotopic (exact) mass is 301 g/mol. The van der Waals surface area contributed by atoms with Crippen LogP contribution in [0.1, 0.15) is 90.4 Å². The smallest absolute Gasteiger partial charge is 0.00929 e. The third kappa shape index (κ3) is 19.0. The number of allylic oxidation sites excluding steroid dienone is 5. The zero-order chi connectivity index (χ0) is 16.1. The van der Waals surface area contributed by atoms with E-state index in [0.29, 0.717) is 0 Å². The van der Waals surface area contributed by atoms with Crippen LogP contribution in [0, 0.1) is 6.92 Å². The molecule has 0 heteroatoms. The van der Waals surface area contributed by atoms with Crippen molar-refractivity contribution in [3.05, 3.63) is 49.1 Å². The molecule has 0 spiro atoms. The Morgan fingerprint density at radius 1 is 0.682 bits per heavy atom. The van der Waals surface area contributed by atoms with E-state index in [1.165, 1.54) is 57.8 Å². The first-order chi connectivity index (χ1) is 10.9. The van der Waals surface area contributed by atoms with Gasteiger partial charge in [-0.3, -0.25) is 0 Å². The Balaban J connectivity index is 3.35. The first-order valence-electron chi connectivity index (χ1n) is 9.40. The summed E-state index contributed by atoms with van der Waals surface area (Å²) in [6.45, 7) is 6.11. The van der Waals surface area contributed by atoms with Gasteiger partial charge in [0.2, 0.25) is 0 Å². The van der Waals surface area contributed by atoms with Gasteiger partial charge in [0.25, 0.3) is 0 Å². The summed E-state index contributed by atoms with van der Waals surface area (Å²) in [6.07, 6.45) is 29.6. The maximum absolute atomic E-state index is 3.84. The second-order valence-electron chi connectivity index (χ2n) is 5.89. The van der Waals surface area contributed by atoms with E-state index in [1.54, 1.807) is 0 Å². The van der Waals surface area contributed by atoms with Crippen molar-refractivity contribution in [3.63, 3.8) is 0 Å². The van der Waals surface area contributed by atoms with Crippen LogP contribution < -0.4 is 0 Å². The van der Waals surface area contributed by atoms with Crippen molar-refractivity contribution in [1.82, 2.24) is 0 Å². The summed E-state index contributed by atoms with van der Waals surface area (Å²) in [5.41, 5.74) is 3.24. The molecule has 0 aromatic carbocycles. The summed E-state index contributed by atoms with van der Waals surface area (Å²) < 4.78 is 0.